The molecule has 0 bridgehead atoms. The lowest BCUT2D eigenvalue weighted by atomic mass is 10.0. The van der Waals surface area contributed by atoms with Crippen LogP contribution >= 0.6 is 12.2 Å². The topological polar surface area (TPSA) is 77.3 Å². The van der Waals surface area contributed by atoms with Gasteiger partial charge in [0, 0.05) is 24.3 Å². The SMILES string of the molecule is COc1ccc(-c2nnn(C3CCN(C(=S)Nc4ccc(C(C)C)cc4)CC3)n2)cc1OC. The minimum absolute atomic E-state index is 0.191. The number of ether oxygens (including phenoxy) is 2. The van der Waals surface area contributed by atoms with Gasteiger partial charge in [0.2, 0.25) is 5.82 Å². The maximum Gasteiger partial charge on any atom is 0.205 e. The summed E-state index contributed by atoms with van der Waals surface area (Å²) < 4.78 is 10.7. The number of hydrogen-bond acceptors (Lipinski definition) is 6. The van der Waals surface area contributed by atoms with E-state index in [9.17, 15) is 0 Å². The Morgan fingerprint density at radius 2 is 1.73 bits per heavy atom. The monoisotopic (exact) mass is 466 g/mol. The Kier molecular flexibility index (Phi) is 7.08. The first kappa shape index (κ1) is 23.0. The van der Waals surface area contributed by atoms with Crippen molar-refractivity contribution in [3.05, 3.63) is 48.0 Å². The Hall–Kier alpha value is -3.20. The van der Waals surface area contributed by atoms with Crippen LogP contribution in [0.2, 0.25) is 0 Å². The van der Waals surface area contributed by atoms with Crippen molar-refractivity contribution in [3.63, 3.8) is 0 Å². The number of methoxy groups -OCH3 is 2. The normalized spacial score (nSPS) is 14.4. The average molecular weight is 467 g/mol. The van der Waals surface area contributed by atoms with Crippen LogP contribution in [0.3, 0.4) is 0 Å². The van der Waals surface area contributed by atoms with E-state index in [1.54, 1.807) is 19.0 Å². The fourth-order valence-electron chi connectivity index (χ4n) is 3.92. The van der Waals surface area contributed by atoms with Gasteiger partial charge in [0.1, 0.15) is 0 Å². The molecule has 9 heteroatoms. The van der Waals surface area contributed by atoms with Crippen molar-refractivity contribution in [1.29, 1.82) is 0 Å². The molecule has 1 aliphatic heterocycles. The van der Waals surface area contributed by atoms with Crippen LogP contribution < -0.4 is 14.8 Å². The molecular formula is C24H30N6O2S. The molecule has 0 amide bonds. The summed E-state index contributed by atoms with van der Waals surface area (Å²) in [5, 5.41) is 17.3. The van der Waals surface area contributed by atoms with Crippen molar-refractivity contribution in [2.75, 3.05) is 32.6 Å². The van der Waals surface area contributed by atoms with E-state index >= 15 is 0 Å². The Morgan fingerprint density at radius 1 is 1.03 bits per heavy atom. The zero-order valence-electron chi connectivity index (χ0n) is 19.5. The van der Waals surface area contributed by atoms with Crippen LogP contribution in [0.25, 0.3) is 11.4 Å². The highest BCUT2D eigenvalue weighted by Crippen LogP contribution is 2.31. The minimum Gasteiger partial charge on any atom is -0.493 e. The second-order valence-corrected chi connectivity index (χ2v) is 8.81. The molecule has 33 heavy (non-hydrogen) atoms. The van der Waals surface area contributed by atoms with Crippen molar-refractivity contribution in [3.8, 4) is 22.9 Å². The molecule has 0 atom stereocenters. The predicted molar refractivity (Wildman–Crippen MR) is 133 cm³/mol. The van der Waals surface area contributed by atoms with Crippen LogP contribution in [-0.4, -0.2) is 57.5 Å². The summed E-state index contributed by atoms with van der Waals surface area (Å²) in [6.45, 7) is 6.07. The van der Waals surface area contributed by atoms with E-state index < -0.39 is 0 Å². The van der Waals surface area contributed by atoms with Crippen LogP contribution in [0, 0.1) is 0 Å². The van der Waals surface area contributed by atoms with Crippen LogP contribution in [0.1, 0.15) is 44.2 Å². The fourth-order valence-corrected chi connectivity index (χ4v) is 4.22. The maximum atomic E-state index is 5.65. The van der Waals surface area contributed by atoms with E-state index in [0.29, 0.717) is 23.2 Å². The van der Waals surface area contributed by atoms with E-state index in [1.807, 2.05) is 18.2 Å². The Bertz CT molecular complexity index is 1090. The predicted octanol–water partition coefficient (Wildman–Crippen LogP) is 4.51. The number of nitrogens with one attached hydrogen (secondary N) is 1. The third kappa shape index (κ3) is 5.24. The number of nitrogens with zero attached hydrogens (tertiary/aromatic N) is 5. The highest BCUT2D eigenvalue weighted by atomic mass is 32.1. The Morgan fingerprint density at radius 3 is 2.36 bits per heavy atom. The molecule has 2 aromatic carbocycles. The summed E-state index contributed by atoms with van der Waals surface area (Å²) >= 11 is 5.65. The third-order valence-electron chi connectivity index (χ3n) is 5.98. The van der Waals surface area contributed by atoms with Crippen molar-refractivity contribution in [2.45, 2.75) is 38.6 Å². The summed E-state index contributed by atoms with van der Waals surface area (Å²) in [4.78, 5) is 3.93. The van der Waals surface area contributed by atoms with Crippen LogP contribution in [0.4, 0.5) is 5.69 Å². The minimum atomic E-state index is 0.191. The van der Waals surface area contributed by atoms with Gasteiger partial charge in [0.15, 0.2) is 16.6 Å². The van der Waals surface area contributed by atoms with Crippen LogP contribution in [-0.2, 0) is 0 Å². The molecule has 1 aliphatic rings. The van der Waals surface area contributed by atoms with Gasteiger partial charge in [-0.15, -0.1) is 10.2 Å². The van der Waals surface area contributed by atoms with Gasteiger partial charge in [0.05, 0.1) is 20.3 Å². The molecule has 4 rings (SSSR count). The molecular weight excluding hydrogens is 436 g/mol. The Labute approximate surface area is 199 Å². The highest BCUT2D eigenvalue weighted by Gasteiger charge is 2.24. The van der Waals surface area contributed by atoms with Gasteiger partial charge in [-0.3, -0.25) is 0 Å². The summed E-state index contributed by atoms with van der Waals surface area (Å²) in [6, 6.07) is 14.3. The van der Waals surface area contributed by atoms with Gasteiger partial charge >= 0.3 is 0 Å². The van der Waals surface area contributed by atoms with Gasteiger partial charge in [-0.1, -0.05) is 26.0 Å². The molecule has 1 saturated heterocycles. The van der Waals surface area contributed by atoms with Crippen LogP contribution in [0.15, 0.2) is 42.5 Å². The molecule has 174 valence electrons. The van der Waals surface area contributed by atoms with Gasteiger partial charge in [-0.05, 0) is 72.1 Å². The molecule has 1 fully saturated rings. The fraction of sp³-hybridized carbons (Fsp3) is 0.417. The molecule has 0 spiro atoms. The molecule has 1 N–H and O–H groups in total. The molecule has 1 aromatic heterocycles. The molecule has 0 saturated carbocycles. The third-order valence-corrected chi connectivity index (χ3v) is 6.34. The van der Waals surface area contributed by atoms with Crippen molar-refractivity contribution in [2.24, 2.45) is 0 Å². The van der Waals surface area contributed by atoms with E-state index in [-0.39, 0.29) is 6.04 Å². The van der Waals surface area contributed by atoms with Crippen molar-refractivity contribution >= 4 is 23.0 Å². The van der Waals surface area contributed by atoms with E-state index in [1.165, 1.54) is 5.56 Å². The number of benzene rings is 2. The number of likely N-dealkylation sites (tertiary alicyclic amines) is 1. The zero-order chi connectivity index (χ0) is 23.4. The van der Waals surface area contributed by atoms with Gasteiger partial charge in [0.25, 0.3) is 0 Å². The molecule has 0 unspecified atom stereocenters. The molecule has 3 aromatic rings. The first-order valence-electron chi connectivity index (χ1n) is 11.2. The van der Waals surface area contributed by atoms with E-state index in [2.05, 4.69) is 63.7 Å². The Balaban J connectivity index is 1.34. The number of rotatable bonds is 6. The van der Waals surface area contributed by atoms with Gasteiger partial charge in [-0.2, -0.15) is 4.80 Å². The zero-order valence-corrected chi connectivity index (χ0v) is 20.3. The summed E-state index contributed by atoms with van der Waals surface area (Å²) in [6.07, 6.45) is 1.80. The van der Waals surface area contributed by atoms with E-state index in [0.717, 1.165) is 42.3 Å². The summed E-state index contributed by atoms with van der Waals surface area (Å²) in [7, 11) is 3.22. The molecule has 0 radical (unpaired) electrons. The molecule has 0 aliphatic carbocycles. The quantitative estimate of drug-likeness (QED) is 0.532. The molecule has 2 heterocycles. The number of hydrogen-bond donors (Lipinski definition) is 1. The van der Waals surface area contributed by atoms with Gasteiger partial charge < -0.3 is 19.7 Å². The smallest absolute Gasteiger partial charge is 0.205 e. The van der Waals surface area contributed by atoms with Crippen molar-refractivity contribution in [1.82, 2.24) is 25.1 Å². The lowest BCUT2D eigenvalue weighted by molar-refractivity contribution is 0.238. The maximum absolute atomic E-state index is 5.65. The first-order valence-corrected chi connectivity index (χ1v) is 11.6. The number of aromatic nitrogens is 4. The molecule has 8 nitrogen and oxygen atoms in total. The lowest BCUT2D eigenvalue weighted by Gasteiger charge is -2.33. The second-order valence-electron chi connectivity index (χ2n) is 8.43. The summed E-state index contributed by atoms with van der Waals surface area (Å²) in [5.74, 6) is 2.39. The number of anilines is 1. The van der Waals surface area contributed by atoms with Gasteiger partial charge in [-0.25, -0.2) is 0 Å². The number of piperidine rings is 1. The van der Waals surface area contributed by atoms with Crippen LogP contribution in [0.5, 0.6) is 11.5 Å². The largest absolute Gasteiger partial charge is 0.493 e. The first-order chi connectivity index (χ1) is 16.0. The average Bonchev–Trinajstić information content (AvgIpc) is 3.34. The second kappa shape index (κ2) is 10.2. The number of thiocarbonyl (C=S) groups is 1. The van der Waals surface area contributed by atoms with E-state index in [4.69, 9.17) is 21.7 Å². The van der Waals surface area contributed by atoms with Crippen molar-refractivity contribution < 1.29 is 9.47 Å². The lowest BCUT2D eigenvalue weighted by Crippen LogP contribution is -2.41. The number of tetrazole rings is 1. The highest BCUT2D eigenvalue weighted by molar-refractivity contribution is 7.80. The summed E-state index contributed by atoms with van der Waals surface area (Å²) in [5.41, 5.74) is 3.18. The standard InChI is InChI=1S/C24H30N6O2S/c1-16(2)17-5-8-19(9-6-17)25-24(33)29-13-11-20(12-14-29)30-27-23(26-28-30)18-7-10-21(31-3)22(15-18)32-4/h5-10,15-16,20H,11-14H2,1-4H3,(H,25,33).